The average Bonchev–Trinajstić information content (AvgIpc) is 2.52. The van der Waals surface area contributed by atoms with E-state index in [0.29, 0.717) is 16.8 Å². The Labute approximate surface area is 134 Å². The summed E-state index contributed by atoms with van der Waals surface area (Å²) in [6.45, 7) is 0. The third kappa shape index (κ3) is 3.84. The number of hydrogen-bond donors (Lipinski definition) is 3. The molecule has 1 heterocycles. The zero-order chi connectivity index (χ0) is 15.4. The zero-order valence-electron chi connectivity index (χ0n) is 12.2. The van der Waals surface area contributed by atoms with Gasteiger partial charge in [-0.25, -0.2) is 0 Å². The van der Waals surface area contributed by atoms with E-state index >= 15 is 0 Å². The summed E-state index contributed by atoms with van der Waals surface area (Å²) < 4.78 is 0. The summed E-state index contributed by atoms with van der Waals surface area (Å²) in [6, 6.07) is 7.76. The molecule has 0 radical (unpaired) electrons. The summed E-state index contributed by atoms with van der Waals surface area (Å²) in [5, 5.41) is 15.2. The molecule has 1 saturated carbocycles. The van der Waals surface area contributed by atoms with E-state index in [9.17, 15) is 0 Å². The fourth-order valence-corrected chi connectivity index (χ4v) is 2.74. The fourth-order valence-electron chi connectivity index (χ4n) is 2.61. The van der Waals surface area contributed by atoms with Crippen LogP contribution < -0.4 is 16.4 Å². The third-order valence-corrected chi connectivity index (χ3v) is 4.06. The van der Waals surface area contributed by atoms with Crippen molar-refractivity contribution in [2.75, 3.05) is 10.6 Å². The third-order valence-electron chi connectivity index (χ3n) is 3.81. The van der Waals surface area contributed by atoms with E-state index < -0.39 is 0 Å². The van der Waals surface area contributed by atoms with Gasteiger partial charge in [0, 0.05) is 22.8 Å². The lowest BCUT2D eigenvalue weighted by Gasteiger charge is -2.29. The Bertz CT molecular complexity index is 618. The van der Waals surface area contributed by atoms with E-state index in [-0.39, 0.29) is 12.1 Å². The zero-order valence-corrected chi connectivity index (χ0v) is 12.9. The Morgan fingerprint density at radius 3 is 2.68 bits per heavy atom. The Morgan fingerprint density at radius 2 is 1.91 bits per heavy atom. The van der Waals surface area contributed by atoms with Crippen LogP contribution in [-0.4, -0.2) is 27.3 Å². The average molecular weight is 319 g/mol. The molecule has 7 heteroatoms. The van der Waals surface area contributed by atoms with Crippen LogP contribution in [0.15, 0.2) is 30.5 Å². The Kier molecular flexibility index (Phi) is 4.70. The van der Waals surface area contributed by atoms with Crippen LogP contribution in [0, 0.1) is 0 Å². The lowest BCUT2D eigenvalue weighted by Crippen LogP contribution is -2.43. The van der Waals surface area contributed by atoms with Crippen LogP contribution in [0.1, 0.15) is 25.7 Å². The molecule has 0 bridgehead atoms. The highest BCUT2D eigenvalue weighted by Gasteiger charge is 2.22. The first-order chi connectivity index (χ1) is 10.7. The van der Waals surface area contributed by atoms with Gasteiger partial charge in [0.2, 0.25) is 5.95 Å². The van der Waals surface area contributed by atoms with Gasteiger partial charge in [-0.2, -0.15) is 10.1 Å². The van der Waals surface area contributed by atoms with Gasteiger partial charge in [0.25, 0.3) is 0 Å². The maximum absolute atomic E-state index is 6.14. The van der Waals surface area contributed by atoms with Gasteiger partial charge in [-0.1, -0.05) is 24.4 Å². The number of nitrogens with zero attached hydrogens (tertiary/aromatic N) is 3. The summed E-state index contributed by atoms with van der Waals surface area (Å²) in [6.07, 6.45) is 6.03. The second kappa shape index (κ2) is 6.89. The maximum Gasteiger partial charge on any atom is 0.244 e. The number of hydrogen-bond acceptors (Lipinski definition) is 6. The molecule has 1 fully saturated rings. The predicted molar refractivity (Wildman–Crippen MR) is 88.4 cm³/mol. The monoisotopic (exact) mass is 318 g/mol. The van der Waals surface area contributed by atoms with E-state index in [1.165, 1.54) is 12.8 Å². The van der Waals surface area contributed by atoms with Crippen LogP contribution in [0.3, 0.4) is 0 Å². The van der Waals surface area contributed by atoms with Gasteiger partial charge in [-0.05, 0) is 37.1 Å². The summed E-state index contributed by atoms with van der Waals surface area (Å²) in [7, 11) is 0. The first-order valence-electron chi connectivity index (χ1n) is 7.45. The van der Waals surface area contributed by atoms with Crippen LogP contribution >= 0.6 is 11.6 Å². The summed E-state index contributed by atoms with van der Waals surface area (Å²) >= 11 is 5.87. The summed E-state index contributed by atoms with van der Waals surface area (Å²) in [5.74, 6) is 1.13. The summed E-state index contributed by atoms with van der Waals surface area (Å²) in [5.41, 5.74) is 7.03. The lowest BCUT2D eigenvalue weighted by molar-refractivity contribution is 0.402. The van der Waals surface area contributed by atoms with Crippen molar-refractivity contribution in [3.8, 4) is 0 Å². The van der Waals surface area contributed by atoms with Crippen LogP contribution in [0.5, 0.6) is 0 Å². The molecule has 0 amide bonds. The van der Waals surface area contributed by atoms with Crippen molar-refractivity contribution in [1.82, 2.24) is 15.2 Å². The molecule has 0 aliphatic heterocycles. The van der Waals surface area contributed by atoms with Gasteiger partial charge in [0.05, 0.1) is 6.20 Å². The van der Waals surface area contributed by atoms with Gasteiger partial charge in [0.1, 0.15) is 0 Å². The second-order valence-corrected chi connectivity index (χ2v) is 5.93. The lowest BCUT2D eigenvalue weighted by atomic mass is 9.91. The van der Waals surface area contributed by atoms with Crippen molar-refractivity contribution >= 4 is 29.1 Å². The van der Waals surface area contributed by atoms with E-state index in [1.807, 2.05) is 24.3 Å². The Hall–Kier alpha value is -1.92. The molecule has 116 valence electrons. The van der Waals surface area contributed by atoms with Crippen LogP contribution in [0.4, 0.5) is 17.5 Å². The molecule has 1 aromatic heterocycles. The van der Waals surface area contributed by atoms with E-state index in [2.05, 4.69) is 25.8 Å². The molecular formula is C15H19ClN6. The molecule has 4 N–H and O–H groups in total. The molecule has 1 aromatic carbocycles. The number of rotatable bonds is 4. The smallest absolute Gasteiger partial charge is 0.244 e. The maximum atomic E-state index is 6.14. The van der Waals surface area contributed by atoms with E-state index in [4.69, 9.17) is 17.3 Å². The molecular weight excluding hydrogens is 300 g/mol. The van der Waals surface area contributed by atoms with Crippen LogP contribution in [0.25, 0.3) is 0 Å². The van der Waals surface area contributed by atoms with Crippen LogP contribution in [0.2, 0.25) is 5.02 Å². The molecule has 2 atom stereocenters. The SMILES string of the molecule is N[C@H]1CCCC[C@H]1Nc1nncc(Nc2ccc(Cl)cc2)n1. The van der Waals surface area contributed by atoms with Gasteiger partial charge in [-0.15, -0.1) is 5.10 Å². The van der Waals surface area contributed by atoms with Gasteiger partial charge in [0.15, 0.2) is 5.82 Å². The van der Waals surface area contributed by atoms with Crippen molar-refractivity contribution in [2.45, 2.75) is 37.8 Å². The quantitative estimate of drug-likeness (QED) is 0.803. The van der Waals surface area contributed by atoms with Crippen molar-refractivity contribution in [3.05, 3.63) is 35.5 Å². The standard InChI is InChI=1S/C15H19ClN6/c16-10-5-7-11(8-6-10)19-14-9-18-22-15(21-14)20-13-4-2-1-3-12(13)17/h5-9,12-13H,1-4,17H2,(H2,19,20,21,22)/t12-,13+/m0/s1. The molecule has 3 rings (SSSR count). The molecule has 1 aliphatic carbocycles. The number of aromatic nitrogens is 3. The first kappa shape index (κ1) is 15.0. The predicted octanol–water partition coefficient (Wildman–Crippen LogP) is 2.95. The Morgan fingerprint density at radius 1 is 1.14 bits per heavy atom. The molecule has 6 nitrogen and oxygen atoms in total. The van der Waals surface area contributed by atoms with Crippen LogP contribution in [-0.2, 0) is 0 Å². The first-order valence-corrected chi connectivity index (χ1v) is 7.83. The van der Waals surface area contributed by atoms with Gasteiger partial charge >= 0.3 is 0 Å². The van der Waals surface area contributed by atoms with Crippen molar-refractivity contribution in [1.29, 1.82) is 0 Å². The number of halogens is 1. The number of anilines is 3. The molecule has 1 aliphatic rings. The Balaban J connectivity index is 1.68. The molecule has 22 heavy (non-hydrogen) atoms. The second-order valence-electron chi connectivity index (χ2n) is 5.50. The number of nitrogens with two attached hydrogens (primary N) is 1. The highest BCUT2D eigenvalue weighted by atomic mass is 35.5. The number of benzene rings is 1. The normalized spacial score (nSPS) is 21.4. The molecule has 2 aromatic rings. The highest BCUT2D eigenvalue weighted by molar-refractivity contribution is 6.30. The molecule has 0 saturated heterocycles. The summed E-state index contributed by atoms with van der Waals surface area (Å²) in [4.78, 5) is 4.43. The van der Waals surface area contributed by atoms with E-state index in [0.717, 1.165) is 18.5 Å². The van der Waals surface area contributed by atoms with Gasteiger partial charge < -0.3 is 16.4 Å². The van der Waals surface area contributed by atoms with Gasteiger partial charge in [-0.3, -0.25) is 0 Å². The number of nitrogens with one attached hydrogen (secondary N) is 2. The fraction of sp³-hybridized carbons (Fsp3) is 0.400. The van der Waals surface area contributed by atoms with Crippen molar-refractivity contribution < 1.29 is 0 Å². The van der Waals surface area contributed by atoms with E-state index in [1.54, 1.807) is 6.20 Å². The molecule has 0 unspecified atom stereocenters. The topological polar surface area (TPSA) is 88.8 Å². The minimum Gasteiger partial charge on any atom is -0.349 e. The van der Waals surface area contributed by atoms with Crippen molar-refractivity contribution in [2.24, 2.45) is 5.73 Å². The minimum atomic E-state index is 0.144. The largest absolute Gasteiger partial charge is 0.349 e. The highest BCUT2D eigenvalue weighted by Crippen LogP contribution is 2.21. The minimum absolute atomic E-state index is 0.144. The molecule has 0 spiro atoms. The van der Waals surface area contributed by atoms with Crippen molar-refractivity contribution in [3.63, 3.8) is 0 Å².